The Labute approximate surface area is 135 Å². The maximum atomic E-state index is 10.5. The zero-order valence-corrected chi connectivity index (χ0v) is 13.9. The summed E-state index contributed by atoms with van der Waals surface area (Å²) in [5, 5.41) is 8.15. The van der Waals surface area contributed by atoms with Crippen LogP contribution in [0.1, 0.15) is 19.8 Å². The first-order chi connectivity index (χ1) is 8.22. The minimum Gasteiger partial charge on any atom is -0.481 e. The van der Waals surface area contributed by atoms with Gasteiger partial charge in [-0.1, -0.05) is 6.08 Å². The topological polar surface area (TPSA) is 118 Å². The second-order valence-corrected chi connectivity index (χ2v) is 4.52. The molecule has 0 rings (SSSR count). The van der Waals surface area contributed by atoms with Gasteiger partial charge in [0.1, 0.15) is 6.61 Å². The van der Waals surface area contributed by atoms with Gasteiger partial charge in [0.25, 0.3) is 10.1 Å². The van der Waals surface area contributed by atoms with Crippen LogP contribution in [0.25, 0.3) is 0 Å². The molecule has 0 atom stereocenters. The monoisotopic (exact) mass is 304 g/mol. The summed E-state index contributed by atoms with van der Waals surface area (Å²) in [6.45, 7) is 4.84. The third-order valence-corrected chi connectivity index (χ3v) is 2.07. The van der Waals surface area contributed by atoms with Gasteiger partial charge in [0.15, 0.2) is 0 Å². The Balaban J connectivity index is -0.000000280. The van der Waals surface area contributed by atoms with Gasteiger partial charge in [-0.15, -0.1) is 0 Å². The molecule has 2 N–H and O–H groups in total. The molecule has 0 bridgehead atoms. The van der Waals surface area contributed by atoms with Gasteiger partial charge < -0.3 is 16.8 Å². The van der Waals surface area contributed by atoms with Gasteiger partial charge in [-0.25, -0.2) is 4.79 Å². The molecule has 0 fully saturated rings. The molecule has 0 saturated carbocycles. The van der Waals surface area contributed by atoms with Crippen LogP contribution < -0.4 is 29.6 Å². The van der Waals surface area contributed by atoms with Crippen molar-refractivity contribution in [1.29, 1.82) is 0 Å². The van der Waals surface area contributed by atoms with Crippen LogP contribution in [0.15, 0.2) is 12.2 Å². The van der Waals surface area contributed by atoms with Crippen LogP contribution in [0.4, 0.5) is 0 Å². The largest absolute Gasteiger partial charge is 1.00 e. The van der Waals surface area contributed by atoms with Gasteiger partial charge in [0, 0.05) is 11.8 Å². The van der Waals surface area contributed by atoms with E-state index in [0.717, 1.165) is 0 Å². The maximum Gasteiger partial charge on any atom is 1.00 e. The van der Waals surface area contributed by atoms with E-state index in [1.165, 1.54) is 12.2 Å². The summed E-state index contributed by atoms with van der Waals surface area (Å²) in [5.41, 5.74) is 0. The third kappa shape index (κ3) is 27.0. The van der Waals surface area contributed by atoms with Crippen molar-refractivity contribution in [3.05, 3.63) is 19.1 Å². The number of carboxylic acid groups (broad SMARTS) is 1. The maximum absolute atomic E-state index is 10.5. The van der Waals surface area contributed by atoms with E-state index in [2.05, 4.69) is 11.7 Å². The third-order valence-electron chi connectivity index (χ3n) is 1.27. The smallest absolute Gasteiger partial charge is 0.481 e. The summed E-state index contributed by atoms with van der Waals surface area (Å²) < 4.78 is 31.9. The molecule has 0 amide bonds. The van der Waals surface area contributed by atoms with Gasteiger partial charge in [-0.2, -0.15) is 14.8 Å². The fourth-order valence-corrected chi connectivity index (χ4v) is 0.970. The minimum atomic E-state index is -3.74. The Morgan fingerprint density at radius 3 is 2.16 bits per heavy atom. The summed E-state index contributed by atoms with van der Waals surface area (Å²) in [6.07, 6.45) is 2.84. The van der Waals surface area contributed by atoms with E-state index in [1.807, 2.05) is 0 Å². The Bertz CT molecular complexity index is 375. The number of ether oxygens (including phenoxy) is 1. The summed E-state index contributed by atoms with van der Waals surface area (Å²) in [6, 6.07) is 0. The minimum absolute atomic E-state index is 0. The van der Waals surface area contributed by atoms with Crippen molar-refractivity contribution in [2.45, 2.75) is 19.8 Å². The van der Waals surface area contributed by atoms with Crippen LogP contribution in [-0.4, -0.2) is 42.4 Å². The molecule has 0 spiro atoms. The van der Waals surface area contributed by atoms with E-state index in [9.17, 15) is 18.0 Å². The van der Waals surface area contributed by atoms with E-state index >= 15 is 0 Å². The molecular formula is C10H17NaO7S. The summed E-state index contributed by atoms with van der Waals surface area (Å²) in [5.74, 6) is -1.72. The number of aliphatic carboxylic acids is 1. The summed E-state index contributed by atoms with van der Waals surface area (Å²) in [7, 11) is -3.74. The first-order valence-corrected chi connectivity index (χ1v) is 6.59. The quantitative estimate of drug-likeness (QED) is 0.186. The van der Waals surface area contributed by atoms with Crippen LogP contribution in [0.2, 0.25) is 0 Å². The first kappa shape index (κ1) is 23.7. The van der Waals surface area contributed by atoms with E-state index in [1.54, 1.807) is 6.92 Å². The molecule has 0 aromatic heterocycles. The van der Waals surface area contributed by atoms with Gasteiger partial charge in [-0.05, 0) is 6.92 Å². The van der Waals surface area contributed by atoms with Crippen molar-refractivity contribution >= 4 is 22.1 Å². The average Bonchev–Trinajstić information content (AvgIpc) is 2.16. The molecule has 19 heavy (non-hydrogen) atoms. The van der Waals surface area contributed by atoms with Crippen molar-refractivity contribution in [1.82, 2.24) is 0 Å². The van der Waals surface area contributed by atoms with Gasteiger partial charge >= 0.3 is 41.5 Å². The molecule has 0 unspecified atom stereocenters. The van der Waals surface area contributed by atoms with Crippen LogP contribution in [0.3, 0.4) is 0 Å². The Hall–Kier alpha value is -0.410. The molecule has 0 radical (unpaired) electrons. The molecule has 7 nitrogen and oxygen atoms in total. The van der Waals surface area contributed by atoms with Gasteiger partial charge in [0.2, 0.25) is 0 Å². The summed E-state index contributed by atoms with van der Waals surface area (Å²) >= 11 is 0. The molecule has 0 aliphatic heterocycles. The Morgan fingerprint density at radius 2 is 1.89 bits per heavy atom. The average molecular weight is 304 g/mol. The van der Waals surface area contributed by atoms with Crippen LogP contribution in [-0.2, 0) is 24.4 Å². The van der Waals surface area contributed by atoms with Gasteiger partial charge in [-0.3, -0.25) is 9.35 Å². The van der Waals surface area contributed by atoms with E-state index in [0.29, 0.717) is 0 Å². The number of carbonyl (C=O) groups excluding carboxylic acids is 1. The molecule has 0 aromatic carbocycles. The fourth-order valence-electron chi connectivity index (χ4n) is 0.606. The predicted octanol–water partition coefficient (Wildman–Crippen LogP) is -2.32. The molecule has 0 saturated heterocycles. The van der Waals surface area contributed by atoms with E-state index in [-0.39, 0.29) is 54.8 Å². The van der Waals surface area contributed by atoms with Crippen molar-refractivity contribution in [3.8, 4) is 0 Å². The number of hydrogen-bond acceptors (Lipinski definition) is 5. The molecule has 106 valence electrons. The molecule has 0 aromatic rings. The standard InChI is InChI=1S/C7H10O4.C3H7O3S.Na/c1-2-3-7(10)11-5-4-6(8)9;1-2-3-7(4,5)6;/h2-3H,4-5H2,1H3,(H,8,9);1-3H2,(H,4,5,6);/q;-1;+1. The first-order valence-electron chi connectivity index (χ1n) is 4.98. The van der Waals surface area contributed by atoms with Crippen molar-refractivity contribution in [2.75, 3.05) is 12.4 Å². The zero-order valence-electron chi connectivity index (χ0n) is 11.0. The normalized spacial score (nSPS) is 10.1. The van der Waals surface area contributed by atoms with Crippen LogP contribution in [0, 0.1) is 6.92 Å². The number of carbonyl (C=O) groups is 2. The van der Waals surface area contributed by atoms with Gasteiger partial charge in [0.05, 0.1) is 6.42 Å². The number of allylic oxidation sites excluding steroid dienone is 1. The summed E-state index contributed by atoms with van der Waals surface area (Å²) in [4.78, 5) is 20.5. The van der Waals surface area contributed by atoms with Crippen LogP contribution in [0.5, 0.6) is 0 Å². The number of hydrogen-bond donors (Lipinski definition) is 2. The Kier molecular flexibility index (Phi) is 17.4. The second kappa shape index (κ2) is 14.0. The predicted molar refractivity (Wildman–Crippen MR) is 64.4 cm³/mol. The molecule has 0 aliphatic rings. The molecule has 0 heterocycles. The zero-order chi connectivity index (χ0) is 14.6. The number of rotatable bonds is 6. The van der Waals surface area contributed by atoms with E-state index in [4.69, 9.17) is 9.66 Å². The van der Waals surface area contributed by atoms with Crippen molar-refractivity contribution in [2.24, 2.45) is 0 Å². The molecule has 0 aliphatic carbocycles. The fraction of sp³-hybridized carbons (Fsp3) is 0.500. The SMILES string of the molecule is CC=CC(=O)OCCC(=O)O.[CH2-]CCS(=O)(=O)O.[Na+]. The van der Waals surface area contributed by atoms with Crippen molar-refractivity contribution in [3.63, 3.8) is 0 Å². The molecule has 9 heteroatoms. The second-order valence-electron chi connectivity index (χ2n) is 2.95. The van der Waals surface area contributed by atoms with Crippen molar-refractivity contribution < 1.29 is 62.0 Å². The van der Waals surface area contributed by atoms with Crippen LogP contribution >= 0.6 is 0 Å². The van der Waals surface area contributed by atoms with E-state index < -0.39 is 22.1 Å². The Morgan fingerprint density at radius 1 is 1.37 bits per heavy atom. The number of carboxylic acids is 1. The number of esters is 1. The molecular weight excluding hydrogens is 287 g/mol.